The second kappa shape index (κ2) is 12.8. The van der Waals surface area contributed by atoms with Gasteiger partial charge in [-0.2, -0.15) is 5.26 Å². The van der Waals surface area contributed by atoms with E-state index in [4.69, 9.17) is 21.1 Å². The van der Waals surface area contributed by atoms with Crippen molar-refractivity contribution in [2.24, 2.45) is 0 Å². The van der Waals surface area contributed by atoms with E-state index in [1.807, 2.05) is 36.4 Å². The van der Waals surface area contributed by atoms with Crippen LogP contribution in [0.3, 0.4) is 0 Å². The molecule has 0 aromatic heterocycles. The molecule has 1 atom stereocenters. The Morgan fingerprint density at radius 1 is 1.25 bits per heavy atom. The molecule has 0 radical (unpaired) electrons. The van der Waals surface area contributed by atoms with Crippen LogP contribution in [0, 0.1) is 11.3 Å². The topological polar surface area (TPSA) is 86.6 Å². The number of morpholine rings is 1. The molecule has 2 aromatic rings. The fourth-order valence-electron chi connectivity index (χ4n) is 4.91. The molecule has 1 fully saturated rings. The van der Waals surface area contributed by atoms with Gasteiger partial charge in [0, 0.05) is 43.7 Å². The molecule has 8 heteroatoms. The number of ether oxygens (including phenoxy) is 2. The third kappa shape index (κ3) is 6.19. The van der Waals surface area contributed by atoms with Crippen LogP contribution in [0.25, 0.3) is 11.1 Å². The number of allylic oxidation sites excluding steroid dienone is 2. The average molecular weight is 509 g/mol. The smallest absolute Gasteiger partial charge is 0.319 e. The molecule has 1 saturated heterocycles. The van der Waals surface area contributed by atoms with Crippen LogP contribution in [0.15, 0.2) is 42.5 Å². The summed E-state index contributed by atoms with van der Waals surface area (Å²) in [6.45, 7) is 7.76. The van der Waals surface area contributed by atoms with Crippen LogP contribution in [0.4, 0.5) is 10.5 Å². The van der Waals surface area contributed by atoms with Gasteiger partial charge in [-0.15, -0.1) is 11.6 Å². The van der Waals surface area contributed by atoms with Crippen LogP contribution in [0.1, 0.15) is 42.4 Å². The highest BCUT2D eigenvalue weighted by Gasteiger charge is 2.32. The van der Waals surface area contributed by atoms with Crippen molar-refractivity contribution < 1.29 is 14.3 Å². The molecule has 4 rings (SSSR count). The van der Waals surface area contributed by atoms with Gasteiger partial charge in [0.2, 0.25) is 0 Å². The normalized spacial score (nSPS) is 17.4. The number of urea groups is 1. The Bertz CT molecular complexity index is 1140. The number of hydrogen-bond acceptors (Lipinski definition) is 5. The second-order valence-corrected chi connectivity index (χ2v) is 9.30. The maximum absolute atomic E-state index is 12.1. The first kappa shape index (κ1) is 26.0. The number of hydrogen-bond donors (Lipinski definition) is 2. The summed E-state index contributed by atoms with van der Waals surface area (Å²) < 4.78 is 11.5. The van der Waals surface area contributed by atoms with Gasteiger partial charge >= 0.3 is 6.03 Å². The molecule has 2 aromatic carbocycles. The fourth-order valence-corrected chi connectivity index (χ4v) is 5.01. The predicted octanol–water partition coefficient (Wildman–Crippen LogP) is 5.09. The van der Waals surface area contributed by atoms with Crippen molar-refractivity contribution in [2.45, 2.75) is 25.7 Å². The highest BCUT2D eigenvalue weighted by atomic mass is 35.5. The number of carbonyl (C=O) groups is 1. The minimum Gasteiger partial charge on any atom is -0.494 e. The molecular weight excluding hydrogens is 476 g/mol. The number of alkyl halides is 1. The van der Waals surface area contributed by atoms with Gasteiger partial charge in [-0.3, -0.25) is 4.90 Å². The summed E-state index contributed by atoms with van der Waals surface area (Å²) in [5.74, 6) is 1.26. The van der Waals surface area contributed by atoms with Crippen LogP contribution in [0.5, 0.6) is 5.75 Å². The summed E-state index contributed by atoms with van der Waals surface area (Å²) in [7, 11) is 0. The lowest BCUT2D eigenvalue weighted by Gasteiger charge is -2.26. The van der Waals surface area contributed by atoms with Gasteiger partial charge in [-0.1, -0.05) is 19.1 Å². The summed E-state index contributed by atoms with van der Waals surface area (Å²) in [5.41, 5.74) is 5.34. The van der Waals surface area contributed by atoms with Crippen LogP contribution in [-0.4, -0.2) is 62.8 Å². The highest BCUT2D eigenvalue weighted by Crippen LogP contribution is 2.49. The van der Waals surface area contributed by atoms with E-state index >= 15 is 0 Å². The van der Waals surface area contributed by atoms with E-state index < -0.39 is 0 Å². The third-order valence-electron chi connectivity index (χ3n) is 6.61. The summed E-state index contributed by atoms with van der Waals surface area (Å²) in [6, 6.07) is 15.8. The minimum absolute atomic E-state index is 0.0758. The lowest BCUT2D eigenvalue weighted by atomic mass is 9.88. The first-order valence-electron chi connectivity index (χ1n) is 12.6. The maximum Gasteiger partial charge on any atom is 0.319 e. The van der Waals surface area contributed by atoms with Crippen molar-refractivity contribution in [1.82, 2.24) is 10.2 Å². The zero-order chi connectivity index (χ0) is 25.3. The monoisotopic (exact) mass is 508 g/mol. The molecule has 1 aliphatic carbocycles. The second-order valence-electron chi connectivity index (χ2n) is 8.92. The average Bonchev–Trinajstić information content (AvgIpc) is 3.23. The Morgan fingerprint density at radius 3 is 2.83 bits per heavy atom. The van der Waals surface area contributed by atoms with Gasteiger partial charge in [0.1, 0.15) is 11.8 Å². The van der Waals surface area contributed by atoms with E-state index in [0.29, 0.717) is 30.3 Å². The molecule has 0 saturated carbocycles. The van der Waals surface area contributed by atoms with Crippen LogP contribution in [-0.2, 0) is 4.74 Å². The van der Waals surface area contributed by atoms with Crippen molar-refractivity contribution >= 4 is 34.5 Å². The molecule has 7 nitrogen and oxygen atoms in total. The zero-order valence-electron chi connectivity index (χ0n) is 20.7. The van der Waals surface area contributed by atoms with Crippen LogP contribution in [0.2, 0.25) is 0 Å². The Balaban J connectivity index is 1.48. The molecule has 1 heterocycles. The van der Waals surface area contributed by atoms with Crippen LogP contribution < -0.4 is 15.4 Å². The minimum atomic E-state index is -0.306. The number of rotatable bonds is 10. The van der Waals surface area contributed by atoms with Crippen molar-refractivity contribution in [3.05, 3.63) is 59.2 Å². The number of amides is 2. The number of anilines is 1. The molecule has 0 spiro atoms. The van der Waals surface area contributed by atoms with E-state index in [1.54, 1.807) is 0 Å². The molecule has 2 aliphatic rings. The SMILES string of the molecule is CCC1C(c2cccc(NC(=O)NCCCl)c2)=C(C#N)c2ccc(OCCCN3CCOCC3)cc21. The van der Waals surface area contributed by atoms with Gasteiger partial charge in [0.05, 0.1) is 25.4 Å². The lowest BCUT2D eigenvalue weighted by molar-refractivity contribution is 0.0358. The number of nitrogens with zero attached hydrogens (tertiary/aromatic N) is 2. The number of fused-ring (bicyclic) bond motifs is 1. The first-order valence-corrected chi connectivity index (χ1v) is 13.1. The molecule has 36 heavy (non-hydrogen) atoms. The van der Waals surface area contributed by atoms with Crippen molar-refractivity contribution in [2.75, 3.05) is 57.2 Å². The molecular formula is C28H33ClN4O3. The maximum atomic E-state index is 12.1. The Kier molecular flexibility index (Phi) is 9.23. The van der Waals surface area contributed by atoms with Gasteiger partial charge in [-0.05, 0) is 65.4 Å². The molecule has 1 aliphatic heterocycles. The van der Waals surface area contributed by atoms with E-state index in [9.17, 15) is 10.1 Å². The van der Waals surface area contributed by atoms with E-state index in [1.165, 1.54) is 0 Å². The number of carbonyl (C=O) groups excluding carboxylic acids is 1. The predicted molar refractivity (Wildman–Crippen MR) is 143 cm³/mol. The van der Waals surface area contributed by atoms with E-state index in [-0.39, 0.29) is 11.9 Å². The summed E-state index contributed by atoms with van der Waals surface area (Å²) in [4.78, 5) is 14.5. The summed E-state index contributed by atoms with van der Waals surface area (Å²) >= 11 is 5.65. The molecule has 2 amide bonds. The van der Waals surface area contributed by atoms with E-state index in [2.05, 4.69) is 34.6 Å². The zero-order valence-corrected chi connectivity index (χ0v) is 21.4. The summed E-state index contributed by atoms with van der Waals surface area (Å²) in [5, 5.41) is 15.6. The van der Waals surface area contributed by atoms with Gasteiger partial charge in [-0.25, -0.2) is 4.79 Å². The Hall–Kier alpha value is -3.05. The molecule has 1 unspecified atom stereocenters. The quantitative estimate of drug-likeness (QED) is 0.345. The number of halogens is 1. The first-order chi connectivity index (χ1) is 17.6. The number of benzene rings is 2. The van der Waals surface area contributed by atoms with Crippen molar-refractivity contribution in [3.63, 3.8) is 0 Å². The fraction of sp³-hybridized carbons (Fsp3) is 0.429. The largest absolute Gasteiger partial charge is 0.494 e. The molecule has 0 bridgehead atoms. The standard InChI is InChI=1S/C28H33ClN4O3/c1-2-23-25-18-22(36-14-4-11-33-12-15-35-16-13-33)7-8-24(25)26(19-30)27(23)20-5-3-6-21(17-20)32-28(34)31-10-9-29/h3,5-8,17-18,23H,2,4,9-16H2,1H3,(H2,31,32,34). The van der Waals surface area contributed by atoms with Crippen LogP contribution >= 0.6 is 11.6 Å². The molecule has 2 N–H and O–H groups in total. The Morgan fingerprint density at radius 2 is 2.08 bits per heavy atom. The lowest BCUT2D eigenvalue weighted by Crippen LogP contribution is -2.37. The number of nitriles is 1. The van der Waals surface area contributed by atoms with Crippen molar-refractivity contribution in [1.29, 1.82) is 5.26 Å². The van der Waals surface area contributed by atoms with E-state index in [0.717, 1.165) is 73.7 Å². The third-order valence-corrected chi connectivity index (χ3v) is 6.80. The summed E-state index contributed by atoms with van der Waals surface area (Å²) in [6.07, 6.45) is 1.81. The Labute approximate surface area is 218 Å². The highest BCUT2D eigenvalue weighted by molar-refractivity contribution is 6.18. The number of nitrogens with one attached hydrogen (secondary N) is 2. The molecule has 190 valence electrons. The van der Waals surface area contributed by atoms with Gasteiger partial charge in [0.15, 0.2) is 0 Å². The van der Waals surface area contributed by atoms with Gasteiger partial charge < -0.3 is 20.1 Å². The van der Waals surface area contributed by atoms with Gasteiger partial charge in [0.25, 0.3) is 0 Å². The van der Waals surface area contributed by atoms with Crippen molar-refractivity contribution in [3.8, 4) is 11.8 Å².